The zero-order valence-electron chi connectivity index (χ0n) is 23.4. The number of para-hydroxylation sites is 1. The molecule has 0 radical (unpaired) electrons. The number of imide groups is 1. The molecule has 4 aromatic rings. The Morgan fingerprint density at radius 2 is 1.69 bits per heavy atom. The number of aromatic nitrogens is 1. The van der Waals surface area contributed by atoms with E-state index in [1.54, 1.807) is 36.0 Å². The number of anilines is 2. The summed E-state index contributed by atoms with van der Waals surface area (Å²) in [5.41, 5.74) is 1.81. The summed E-state index contributed by atoms with van der Waals surface area (Å²) in [5.74, 6) is -2.17. The van der Waals surface area contributed by atoms with Gasteiger partial charge in [0.15, 0.2) is 6.61 Å². The molecule has 2 aliphatic carbocycles. The fourth-order valence-corrected chi connectivity index (χ4v) is 11.0. The summed E-state index contributed by atoms with van der Waals surface area (Å²) in [4.78, 5) is 58.1. The number of hydrogen-bond donors (Lipinski definition) is 2. The van der Waals surface area contributed by atoms with Gasteiger partial charge < -0.3 is 15.0 Å². The number of hydrogen-bond acceptors (Lipinski definition) is 7. The van der Waals surface area contributed by atoms with Gasteiger partial charge in [-0.25, -0.2) is 4.39 Å². The third kappa shape index (κ3) is 4.62. The molecule has 4 aliphatic rings. The summed E-state index contributed by atoms with van der Waals surface area (Å²) in [6, 6.07) is 19.7. The molecule has 7 atom stereocenters. The first kappa shape index (κ1) is 28.5. The fourth-order valence-electron chi connectivity index (χ4n) is 7.95. The average molecular weight is 662 g/mol. The average Bonchev–Trinajstić information content (AvgIpc) is 3.77. The number of thiazole rings is 1. The summed E-state index contributed by atoms with van der Waals surface area (Å²) >= 11 is 8.71. The summed E-state index contributed by atoms with van der Waals surface area (Å²) in [6.45, 7) is -0.234. The van der Waals surface area contributed by atoms with Gasteiger partial charge in [0.1, 0.15) is 11.6 Å². The zero-order chi connectivity index (χ0) is 31.0. The van der Waals surface area contributed by atoms with Gasteiger partial charge in [0, 0.05) is 32.3 Å². The molecule has 1 aromatic heterocycles. The topological polar surface area (TPSA) is 109 Å². The predicted molar refractivity (Wildman–Crippen MR) is 169 cm³/mol. The first-order valence-corrected chi connectivity index (χ1v) is 16.7. The minimum Gasteiger partial charge on any atom is -0.483 e. The van der Waals surface area contributed by atoms with E-state index >= 15 is 0 Å². The van der Waals surface area contributed by atoms with Crippen LogP contribution in [-0.2, 0) is 14.4 Å². The van der Waals surface area contributed by atoms with Crippen molar-refractivity contribution in [1.82, 2.24) is 4.98 Å². The molecule has 8 nitrogen and oxygen atoms in total. The molecule has 2 bridgehead atoms. The lowest BCUT2D eigenvalue weighted by molar-refractivity contribution is -0.123. The monoisotopic (exact) mass is 661 g/mol. The van der Waals surface area contributed by atoms with Crippen molar-refractivity contribution in [2.24, 2.45) is 29.6 Å². The zero-order valence-corrected chi connectivity index (χ0v) is 25.8. The van der Waals surface area contributed by atoms with Crippen molar-refractivity contribution in [1.29, 1.82) is 0 Å². The highest BCUT2D eigenvalue weighted by Crippen LogP contribution is 2.69. The molecule has 3 aromatic carbocycles. The van der Waals surface area contributed by atoms with Crippen LogP contribution >= 0.6 is 34.7 Å². The molecule has 3 amide bonds. The normalized spacial score (nSPS) is 27.7. The summed E-state index contributed by atoms with van der Waals surface area (Å²) in [7, 11) is 0. The van der Waals surface area contributed by atoms with Crippen molar-refractivity contribution in [3.05, 3.63) is 104 Å². The Morgan fingerprint density at radius 3 is 2.44 bits per heavy atom. The van der Waals surface area contributed by atoms with Gasteiger partial charge in [-0.3, -0.25) is 24.1 Å². The summed E-state index contributed by atoms with van der Waals surface area (Å²) in [6.07, 6.45) is 0.731. The van der Waals surface area contributed by atoms with Gasteiger partial charge in [-0.15, -0.1) is 11.8 Å². The fraction of sp³-hybridized carbons (Fsp3) is 0.273. The maximum Gasteiger partial charge on any atom is 0.305 e. The number of amides is 3. The van der Waals surface area contributed by atoms with Gasteiger partial charge in [0.25, 0.3) is 5.91 Å². The molecule has 3 fully saturated rings. The van der Waals surface area contributed by atoms with Crippen LogP contribution in [0.25, 0.3) is 0 Å². The van der Waals surface area contributed by atoms with Gasteiger partial charge in [0.2, 0.25) is 11.8 Å². The number of aromatic amines is 1. The van der Waals surface area contributed by atoms with Crippen LogP contribution in [-0.4, -0.2) is 34.6 Å². The van der Waals surface area contributed by atoms with E-state index in [1.165, 1.54) is 29.2 Å². The third-order valence-corrected chi connectivity index (χ3v) is 12.4. The molecule has 4 unspecified atom stereocenters. The van der Waals surface area contributed by atoms with Crippen LogP contribution in [0.1, 0.15) is 22.8 Å². The van der Waals surface area contributed by atoms with Crippen molar-refractivity contribution >= 4 is 63.8 Å². The van der Waals surface area contributed by atoms with E-state index in [0.29, 0.717) is 22.1 Å². The van der Waals surface area contributed by atoms with Crippen molar-refractivity contribution in [2.45, 2.75) is 22.6 Å². The molecule has 2 saturated carbocycles. The Kier molecular flexibility index (Phi) is 6.88. The number of thioether (sulfide) groups is 1. The quantitative estimate of drug-likeness (QED) is 0.248. The number of carbonyl (C=O) groups excluding carboxylic acids is 3. The molecule has 3 heterocycles. The van der Waals surface area contributed by atoms with Crippen LogP contribution < -0.4 is 19.8 Å². The van der Waals surface area contributed by atoms with E-state index in [1.807, 2.05) is 24.3 Å². The molecule has 12 heteroatoms. The number of benzene rings is 3. The van der Waals surface area contributed by atoms with Crippen LogP contribution in [0.2, 0.25) is 5.02 Å². The Hall–Kier alpha value is -3.93. The van der Waals surface area contributed by atoms with Gasteiger partial charge in [-0.05, 0) is 78.8 Å². The Morgan fingerprint density at radius 1 is 0.978 bits per heavy atom. The van der Waals surface area contributed by atoms with E-state index in [-0.39, 0.29) is 58.1 Å². The van der Waals surface area contributed by atoms with Crippen LogP contribution in [0, 0.1) is 35.4 Å². The van der Waals surface area contributed by atoms with Crippen molar-refractivity contribution in [3.63, 3.8) is 0 Å². The minimum absolute atomic E-state index is 0.00910. The largest absolute Gasteiger partial charge is 0.483 e. The Bertz CT molecular complexity index is 1910. The number of carbonyl (C=O) groups is 3. The van der Waals surface area contributed by atoms with Crippen molar-refractivity contribution in [3.8, 4) is 5.75 Å². The second kappa shape index (κ2) is 10.9. The molecule has 45 heavy (non-hydrogen) atoms. The molecular weight excluding hydrogens is 637 g/mol. The first-order chi connectivity index (χ1) is 21.8. The molecular formula is C33H25ClFN3O5S2. The second-order valence-electron chi connectivity index (χ2n) is 11.8. The Labute approximate surface area is 269 Å². The van der Waals surface area contributed by atoms with E-state index in [2.05, 4.69) is 10.3 Å². The summed E-state index contributed by atoms with van der Waals surface area (Å²) in [5, 5.41) is 4.14. The molecule has 2 aliphatic heterocycles. The highest BCUT2D eigenvalue weighted by atomic mass is 35.5. The van der Waals surface area contributed by atoms with E-state index in [4.69, 9.17) is 16.3 Å². The predicted octanol–water partition coefficient (Wildman–Crippen LogP) is 5.92. The third-order valence-electron chi connectivity index (χ3n) is 9.55. The van der Waals surface area contributed by atoms with Crippen LogP contribution in [0.5, 0.6) is 5.75 Å². The van der Waals surface area contributed by atoms with Crippen LogP contribution in [0.4, 0.5) is 15.8 Å². The van der Waals surface area contributed by atoms with Gasteiger partial charge in [-0.1, -0.05) is 41.1 Å². The first-order valence-electron chi connectivity index (χ1n) is 14.6. The molecule has 2 N–H and O–H groups in total. The molecule has 8 rings (SSSR count). The number of nitrogens with zero attached hydrogens (tertiary/aromatic N) is 1. The highest BCUT2D eigenvalue weighted by molar-refractivity contribution is 8.00. The maximum absolute atomic E-state index is 13.9. The number of fused-ring (bicyclic) bond motifs is 9. The van der Waals surface area contributed by atoms with E-state index in [0.717, 1.165) is 33.2 Å². The number of nitrogens with one attached hydrogen (secondary N) is 2. The number of halogens is 2. The van der Waals surface area contributed by atoms with Gasteiger partial charge in [0.05, 0.1) is 22.5 Å². The number of H-pyrrole nitrogens is 1. The standard InChI is InChI=1S/C33H25ClFN3O5S2/c34-15-5-9-17(10-6-15)36-23(39)14-43-22-4-2-1-3-19(22)24-25-20-13-21(28(25)44-30-29(24)45-33(42)37-30)27-26(20)31(40)38(32(27)41)18-11-7-16(35)8-12-18/h1-12,20-21,24-28H,13-14H2,(H,36,39)(H,37,42)/t20-,21-,24-,25?,26?,27?,28?/m1/s1. The number of ether oxygens (including phenoxy) is 1. The van der Waals surface area contributed by atoms with E-state index in [9.17, 15) is 23.6 Å². The van der Waals surface area contributed by atoms with Crippen LogP contribution in [0.3, 0.4) is 0 Å². The molecule has 228 valence electrons. The molecule has 0 spiro atoms. The SMILES string of the molecule is O=C(COc1ccccc1[C@H]1c2sc(=O)[nH]c2SC2C1[C@H]1C[C@@H]2C2C(=O)N(c3ccc(F)cc3)C(=O)C21)Nc1ccc(Cl)cc1. The minimum atomic E-state index is -0.493. The lowest BCUT2D eigenvalue weighted by atomic mass is 9.68. The lowest BCUT2D eigenvalue weighted by Crippen LogP contribution is -2.42. The maximum atomic E-state index is 13.9. The van der Waals surface area contributed by atoms with Gasteiger partial charge >= 0.3 is 4.87 Å². The molecule has 1 saturated heterocycles. The second-order valence-corrected chi connectivity index (χ2v) is 14.5. The number of rotatable bonds is 6. The highest BCUT2D eigenvalue weighted by Gasteiger charge is 2.69. The summed E-state index contributed by atoms with van der Waals surface area (Å²) < 4.78 is 19.8. The Balaban J connectivity index is 1.12. The van der Waals surface area contributed by atoms with E-state index < -0.39 is 17.7 Å². The smallest absolute Gasteiger partial charge is 0.305 e. The van der Waals surface area contributed by atoms with Gasteiger partial charge in [-0.2, -0.15) is 0 Å². The lowest BCUT2D eigenvalue weighted by Gasteiger charge is -2.43. The van der Waals surface area contributed by atoms with Crippen molar-refractivity contribution in [2.75, 3.05) is 16.8 Å². The van der Waals surface area contributed by atoms with Crippen molar-refractivity contribution < 1.29 is 23.5 Å². The van der Waals surface area contributed by atoms with Crippen LogP contribution in [0.15, 0.2) is 82.6 Å².